The van der Waals surface area contributed by atoms with Crippen LogP contribution < -0.4 is 4.90 Å². The highest BCUT2D eigenvalue weighted by Gasteiger charge is 2.16. The van der Waals surface area contributed by atoms with Crippen molar-refractivity contribution in [2.24, 2.45) is 0 Å². The first-order valence-electron chi connectivity index (χ1n) is 16.5. The summed E-state index contributed by atoms with van der Waals surface area (Å²) in [5.74, 6) is -0.230. The van der Waals surface area contributed by atoms with Crippen LogP contribution >= 0.6 is 0 Å². The summed E-state index contributed by atoms with van der Waals surface area (Å²) in [5.41, 5.74) is 11.1. The average Bonchev–Trinajstić information content (AvgIpc) is 3.49. The highest BCUT2D eigenvalue weighted by atomic mass is 19.1. The summed E-state index contributed by atoms with van der Waals surface area (Å²) >= 11 is 0. The molecule has 232 valence electrons. The Kier molecular flexibility index (Phi) is 7.02. The lowest BCUT2D eigenvalue weighted by atomic mass is 10.0. The van der Waals surface area contributed by atoms with E-state index in [4.69, 9.17) is 0 Å². The molecule has 0 atom stereocenters. The van der Waals surface area contributed by atoms with Crippen LogP contribution in [0.4, 0.5) is 21.5 Å². The van der Waals surface area contributed by atoms with Gasteiger partial charge in [0.2, 0.25) is 0 Å². The Morgan fingerprint density at radius 2 is 0.878 bits per heavy atom. The molecule has 0 radical (unpaired) electrons. The third-order valence-electron chi connectivity index (χ3n) is 9.46. The fraction of sp³-hybridized carbons (Fsp3) is 0. The summed E-state index contributed by atoms with van der Waals surface area (Å²) in [4.78, 5) is 2.26. The van der Waals surface area contributed by atoms with E-state index in [0.29, 0.717) is 0 Å². The number of aromatic nitrogens is 1. The molecular weight excluding hydrogens is 600 g/mol. The minimum Gasteiger partial charge on any atom is -0.311 e. The third kappa shape index (κ3) is 5.13. The monoisotopic (exact) mass is 630 g/mol. The number of hydrogen-bond donors (Lipinski definition) is 0. The summed E-state index contributed by atoms with van der Waals surface area (Å²) in [6, 6.07) is 65.0. The molecule has 0 aliphatic heterocycles. The smallest absolute Gasteiger partial charge is 0.123 e. The van der Waals surface area contributed by atoms with Gasteiger partial charge in [-0.15, -0.1) is 0 Å². The molecule has 9 aromatic rings. The third-order valence-corrected chi connectivity index (χ3v) is 9.46. The molecule has 49 heavy (non-hydrogen) atoms. The van der Waals surface area contributed by atoms with E-state index >= 15 is 0 Å². The Labute approximate surface area is 284 Å². The van der Waals surface area contributed by atoms with Gasteiger partial charge in [0.25, 0.3) is 0 Å². The highest BCUT2D eigenvalue weighted by Crippen LogP contribution is 2.39. The van der Waals surface area contributed by atoms with Crippen molar-refractivity contribution in [3.63, 3.8) is 0 Å². The summed E-state index contributed by atoms with van der Waals surface area (Å²) in [6.07, 6.45) is 0. The fourth-order valence-electron chi connectivity index (χ4n) is 7.09. The number of halogens is 1. The van der Waals surface area contributed by atoms with Crippen molar-refractivity contribution in [2.45, 2.75) is 0 Å². The Morgan fingerprint density at radius 3 is 1.59 bits per heavy atom. The number of rotatable bonds is 6. The van der Waals surface area contributed by atoms with Crippen molar-refractivity contribution < 1.29 is 4.39 Å². The van der Waals surface area contributed by atoms with Crippen LogP contribution in [0.2, 0.25) is 0 Å². The average molecular weight is 631 g/mol. The van der Waals surface area contributed by atoms with Crippen LogP contribution in [0.25, 0.3) is 60.5 Å². The molecule has 0 bridgehead atoms. The molecule has 0 unspecified atom stereocenters. The van der Waals surface area contributed by atoms with Crippen molar-refractivity contribution >= 4 is 49.6 Å². The Bertz CT molecular complexity index is 2580. The standard InChI is InChI=1S/C46H31FN2/c47-37-24-17-32(18-25-37)33-19-26-39(27-20-33)48(38-11-2-1-3-12-38)40-28-21-34(22-29-40)36-23-30-46-43(31-36)42-14-6-7-15-45(42)49(46)44-16-8-10-35-9-4-5-13-41(35)44/h1-31H. The van der Waals surface area contributed by atoms with Crippen LogP contribution in [-0.4, -0.2) is 4.57 Å². The van der Waals surface area contributed by atoms with Crippen LogP contribution in [-0.2, 0) is 0 Å². The largest absolute Gasteiger partial charge is 0.311 e. The van der Waals surface area contributed by atoms with E-state index in [2.05, 4.69) is 167 Å². The van der Waals surface area contributed by atoms with E-state index in [9.17, 15) is 4.39 Å². The van der Waals surface area contributed by atoms with E-state index in [1.54, 1.807) is 0 Å². The fourth-order valence-corrected chi connectivity index (χ4v) is 7.09. The maximum absolute atomic E-state index is 13.5. The van der Waals surface area contributed by atoms with Gasteiger partial charge in [-0.05, 0) is 100 Å². The van der Waals surface area contributed by atoms with Crippen molar-refractivity contribution in [2.75, 3.05) is 4.90 Å². The van der Waals surface area contributed by atoms with Crippen molar-refractivity contribution in [1.82, 2.24) is 4.57 Å². The SMILES string of the molecule is Fc1ccc(-c2ccc(N(c3ccccc3)c3ccc(-c4ccc5c(c4)c4ccccc4n5-c4cccc5ccccc45)cc3)cc2)cc1. The molecule has 9 rings (SSSR count). The molecule has 2 nitrogen and oxygen atoms in total. The Hall–Kier alpha value is -6.45. The predicted octanol–water partition coefficient (Wildman–Crippen LogP) is 12.9. The van der Waals surface area contributed by atoms with E-state index in [1.807, 2.05) is 18.2 Å². The second kappa shape index (κ2) is 12.0. The molecule has 0 fully saturated rings. The molecule has 8 aromatic carbocycles. The van der Waals surface area contributed by atoms with E-state index in [-0.39, 0.29) is 5.82 Å². The van der Waals surface area contributed by atoms with Gasteiger partial charge in [0.15, 0.2) is 0 Å². The van der Waals surface area contributed by atoms with Gasteiger partial charge in [0, 0.05) is 33.2 Å². The van der Waals surface area contributed by atoms with Crippen molar-refractivity contribution in [3.8, 4) is 27.9 Å². The number of nitrogens with zero attached hydrogens (tertiary/aromatic N) is 2. The molecule has 0 aliphatic carbocycles. The second-order valence-electron chi connectivity index (χ2n) is 12.4. The maximum atomic E-state index is 13.5. The van der Waals surface area contributed by atoms with E-state index < -0.39 is 0 Å². The maximum Gasteiger partial charge on any atom is 0.123 e. The lowest BCUT2D eigenvalue weighted by molar-refractivity contribution is 0.628. The zero-order valence-corrected chi connectivity index (χ0v) is 26.7. The Morgan fingerprint density at radius 1 is 0.367 bits per heavy atom. The summed E-state index contributed by atoms with van der Waals surface area (Å²) in [5, 5.41) is 4.94. The first-order chi connectivity index (χ1) is 24.2. The van der Waals surface area contributed by atoms with Crippen molar-refractivity contribution in [3.05, 3.63) is 194 Å². The zero-order chi connectivity index (χ0) is 32.7. The normalized spacial score (nSPS) is 11.4. The summed E-state index contributed by atoms with van der Waals surface area (Å²) in [6.45, 7) is 0. The van der Waals surface area contributed by atoms with Gasteiger partial charge in [-0.1, -0.05) is 115 Å². The molecule has 3 heteroatoms. The van der Waals surface area contributed by atoms with Gasteiger partial charge < -0.3 is 9.47 Å². The molecule has 1 aromatic heterocycles. The van der Waals surface area contributed by atoms with Gasteiger partial charge in [0.05, 0.1) is 16.7 Å². The molecule has 0 N–H and O–H groups in total. The minimum atomic E-state index is -0.230. The van der Waals surface area contributed by atoms with Crippen LogP contribution in [0.1, 0.15) is 0 Å². The lowest BCUT2D eigenvalue weighted by Crippen LogP contribution is -2.09. The molecule has 0 saturated heterocycles. The number of para-hydroxylation sites is 2. The topological polar surface area (TPSA) is 8.17 Å². The highest BCUT2D eigenvalue weighted by molar-refractivity contribution is 6.11. The lowest BCUT2D eigenvalue weighted by Gasteiger charge is -2.26. The number of benzene rings is 8. The van der Waals surface area contributed by atoms with Crippen LogP contribution in [0.5, 0.6) is 0 Å². The first-order valence-corrected chi connectivity index (χ1v) is 16.5. The number of hydrogen-bond acceptors (Lipinski definition) is 1. The van der Waals surface area contributed by atoms with Gasteiger partial charge in [-0.2, -0.15) is 0 Å². The van der Waals surface area contributed by atoms with Crippen LogP contribution in [0.15, 0.2) is 188 Å². The number of anilines is 3. The van der Waals surface area contributed by atoms with E-state index in [1.165, 1.54) is 56.0 Å². The van der Waals surface area contributed by atoms with Gasteiger partial charge in [-0.3, -0.25) is 0 Å². The van der Waals surface area contributed by atoms with Gasteiger partial charge >= 0.3 is 0 Å². The Balaban J connectivity index is 1.11. The van der Waals surface area contributed by atoms with E-state index in [0.717, 1.165) is 33.8 Å². The number of fused-ring (bicyclic) bond motifs is 4. The van der Waals surface area contributed by atoms with Crippen LogP contribution in [0.3, 0.4) is 0 Å². The van der Waals surface area contributed by atoms with Crippen molar-refractivity contribution in [1.29, 1.82) is 0 Å². The zero-order valence-electron chi connectivity index (χ0n) is 26.7. The van der Waals surface area contributed by atoms with Crippen LogP contribution in [0, 0.1) is 5.82 Å². The molecule has 0 saturated carbocycles. The molecule has 0 amide bonds. The molecule has 0 spiro atoms. The summed E-state index contributed by atoms with van der Waals surface area (Å²) < 4.78 is 15.9. The predicted molar refractivity (Wildman–Crippen MR) is 204 cm³/mol. The second-order valence-corrected chi connectivity index (χ2v) is 12.4. The first kappa shape index (κ1) is 28.7. The minimum absolute atomic E-state index is 0.230. The summed E-state index contributed by atoms with van der Waals surface area (Å²) in [7, 11) is 0. The molecular formula is C46H31FN2. The van der Waals surface area contributed by atoms with Gasteiger partial charge in [0.1, 0.15) is 5.82 Å². The quantitative estimate of drug-likeness (QED) is 0.177. The van der Waals surface area contributed by atoms with Gasteiger partial charge in [-0.25, -0.2) is 4.39 Å². The molecule has 0 aliphatic rings. The molecule has 1 heterocycles.